The second kappa shape index (κ2) is 9.35. The van der Waals surface area contributed by atoms with Gasteiger partial charge in [-0.1, -0.05) is 68.4 Å². The number of carbonyl (C=O) groups is 1. The number of benzene rings is 3. The Hall–Kier alpha value is -3.58. The molecule has 1 heterocycles. The number of methoxy groups -OCH3 is 1. The van der Waals surface area contributed by atoms with Gasteiger partial charge in [0.25, 0.3) is 5.91 Å². The van der Waals surface area contributed by atoms with Crippen LogP contribution >= 0.6 is 0 Å². The van der Waals surface area contributed by atoms with Crippen molar-refractivity contribution in [2.24, 2.45) is 0 Å². The molecular weight excluding hydrogens is 450 g/mol. The van der Waals surface area contributed by atoms with E-state index in [1.807, 2.05) is 36.4 Å². The van der Waals surface area contributed by atoms with Crippen molar-refractivity contribution in [1.29, 1.82) is 0 Å². The van der Waals surface area contributed by atoms with E-state index < -0.39 is 27.5 Å². The van der Waals surface area contributed by atoms with Crippen LogP contribution in [0.4, 0.5) is 0 Å². The molecule has 1 amide bonds. The number of hydrogen-bond acceptors (Lipinski definition) is 5. The first-order valence-electron chi connectivity index (χ1n) is 11.0. The number of nitrogens with zero attached hydrogens (tertiary/aromatic N) is 1. The second-order valence-electron chi connectivity index (χ2n) is 8.53. The van der Waals surface area contributed by atoms with E-state index in [4.69, 9.17) is 4.74 Å². The summed E-state index contributed by atoms with van der Waals surface area (Å²) in [5.74, 6) is -0.490. The topological polar surface area (TPSA) is 83.9 Å². The van der Waals surface area contributed by atoms with Crippen molar-refractivity contribution in [3.63, 3.8) is 0 Å². The minimum atomic E-state index is -4.13. The summed E-state index contributed by atoms with van der Waals surface area (Å²) in [5.41, 5.74) is 2.49. The standard InChI is InChI=1S/C27H27NO5S/c1-18(2)20-11-13-21(14-12-20)24-26(34(31,32)23-7-5-4-6-8-23)25(29)27(30)28(24)17-19-9-15-22(33-3)16-10-19/h4-16,18,24,29H,17H2,1-3H3/t24-/m0/s1. The van der Waals surface area contributed by atoms with Gasteiger partial charge in [-0.25, -0.2) is 8.42 Å². The Kier molecular flexibility index (Phi) is 6.48. The molecule has 0 saturated heterocycles. The van der Waals surface area contributed by atoms with Gasteiger partial charge in [-0.2, -0.15) is 0 Å². The van der Waals surface area contributed by atoms with Crippen LogP contribution in [0.15, 0.2) is 94.4 Å². The predicted octanol–water partition coefficient (Wildman–Crippen LogP) is 5.15. The van der Waals surface area contributed by atoms with E-state index >= 15 is 0 Å². The number of ether oxygens (including phenoxy) is 1. The molecule has 34 heavy (non-hydrogen) atoms. The number of carbonyl (C=O) groups excluding carboxylic acids is 1. The van der Waals surface area contributed by atoms with Crippen molar-refractivity contribution in [3.8, 4) is 5.75 Å². The van der Waals surface area contributed by atoms with E-state index in [2.05, 4.69) is 13.8 Å². The maximum Gasteiger partial charge on any atom is 0.290 e. The average molecular weight is 478 g/mol. The SMILES string of the molecule is COc1ccc(CN2C(=O)C(O)=C(S(=O)(=O)c3ccccc3)[C@@H]2c2ccc(C(C)C)cc2)cc1. The maximum atomic E-state index is 13.6. The summed E-state index contributed by atoms with van der Waals surface area (Å²) in [6.45, 7) is 4.26. The summed E-state index contributed by atoms with van der Waals surface area (Å²) in [6, 6.07) is 21.6. The summed E-state index contributed by atoms with van der Waals surface area (Å²) < 4.78 is 32.4. The first kappa shape index (κ1) is 23.6. The van der Waals surface area contributed by atoms with Crippen LogP contribution in [0.5, 0.6) is 5.75 Å². The van der Waals surface area contributed by atoms with Gasteiger partial charge in [-0.05, 0) is 46.9 Å². The van der Waals surface area contributed by atoms with Gasteiger partial charge in [0.1, 0.15) is 10.7 Å². The fourth-order valence-electron chi connectivity index (χ4n) is 4.12. The molecule has 1 aliphatic heterocycles. The van der Waals surface area contributed by atoms with Gasteiger partial charge in [0.2, 0.25) is 9.84 Å². The number of rotatable bonds is 7. The molecule has 0 radical (unpaired) electrons. The molecule has 4 rings (SSSR count). The normalized spacial score (nSPS) is 16.4. The smallest absolute Gasteiger partial charge is 0.290 e. The highest BCUT2D eigenvalue weighted by Gasteiger charge is 2.46. The first-order chi connectivity index (χ1) is 16.2. The molecule has 7 heteroatoms. The third-order valence-corrected chi connectivity index (χ3v) is 7.92. The molecule has 176 valence electrons. The van der Waals surface area contributed by atoms with E-state index in [-0.39, 0.29) is 16.3 Å². The van der Waals surface area contributed by atoms with E-state index in [0.29, 0.717) is 17.2 Å². The monoisotopic (exact) mass is 477 g/mol. The molecule has 0 spiro atoms. The van der Waals surface area contributed by atoms with Crippen molar-refractivity contribution < 1.29 is 23.1 Å². The van der Waals surface area contributed by atoms with Crippen molar-refractivity contribution in [2.75, 3.05) is 7.11 Å². The van der Waals surface area contributed by atoms with Crippen LogP contribution in [0.3, 0.4) is 0 Å². The van der Waals surface area contributed by atoms with Gasteiger partial charge in [-0.3, -0.25) is 4.79 Å². The molecule has 1 aliphatic rings. The van der Waals surface area contributed by atoms with Gasteiger partial charge >= 0.3 is 0 Å². The molecule has 0 aromatic heterocycles. The van der Waals surface area contributed by atoms with Gasteiger partial charge in [-0.15, -0.1) is 0 Å². The lowest BCUT2D eigenvalue weighted by Crippen LogP contribution is -2.30. The first-order valence-corrected chi connectivity index (χ1v) is 12.5. The Morgan fingerprint density at radius 1 is 0.941 bits per heavy atom. The van der Waals surface area contributed by atoms with Crippen molar-refractivity contribution in [3.05, 3.63) is 106 Å². The molecule has 0 bridgehead atoms. The second-order valence-corrected chi connectivity index (χ2v) is 10.5. The highest BCUT2D eigenvalue weighted by Crippen LogP contribution is 2.43. The van der Waals surface area contributed by atoms with Crippen LogP contribution in [-0.2, 0) is 21.2 Å². The van der Waals surface area contributed by atoms with Gasteiger partial charge in [0.15, 0.2) is 5.76 Å². The molecular formula is C27H27NO5S. The predicted molar refractivity (Wildman–Crippen MR) is 130 cm³/mol. The maximum absolute atomic E-state index is 13.6. The van der Waals surface area contributed by atoms with Crippen molar-refractivity contribution >= 4 is 15.7 Å². The van der Waals surface area contributed by atoms with Gasteiger partial charge in [0.05, 0.1) is 18.0 Å². The zero-order valence-corrected chi connectivity index (χ0v) is 20.1. The quantitative estimate of drug-likeness (QED) is 0.509. The molecule has 0 fully saturated rings. The van der Waals surface area contributed by atoms with Crippen LogP contribution in [0.25, 0.3) is 0 Å². The lowest BCUT2D eigenvalue weighted by molar-refractivity contribution is -0.130. The van der Waals surface area contributed by atoms with Crippen LogP contribution in [0.1, 0.15) is 42.5 Å². The van der Waals surface area contributed by atoms with E-state index in [9.17, 15) is 18.3 Å². The minimum Gasteiger partial charge on any atom is -0.502 e. The number of hydrogen-bond donors (Lipinski definition) is 1. The highest BCUT2D eigenvalue weighted by atomic mass is 32.2. The Labute approximate surface area is 200 Å². The van der Waals surface area contributed by atoms with Crippen molar-refractivity contribution in [2.45, 2.75) is 37.2 Å². The Morgan fingerprint density at radius 3 is 2.12 bits per heavy atom. The fraction of sp³-hybridized carbons (Fsp3) is 0.222. The Balaban J connectivity index is 1.82. The third-order valence-electron chi connectivity index (χ3n) is 6.03. The Morgan fingerprint density at radius 2 is 1.56 bits per heavy atom. The van der Waals surface area contributed by atoms with E-state index in [1.54, 1.807) is 37.4 Å². The summed E-state index contributed by atoms with van der Waals surface area (Å²) in [4.78, 5) is 14.3. The molecule has 1 atom stereocenters. The number of sulfone groups is 1. The zero-order chi connectivity index (χ0) is 24.5. The molecule has 6 nitrogen and oxygen atoms in total. The summed E-state index contributed by atoms with van der Waals surface area (Å²) in [5, 5.41) is 10.8. The molecule has 0 aliphatic carbocycles. The lowest BCUT2D eigenvalue weighted by Gasteiger charge is -2.27. The average Bonchev–Trinajstić information content (AvgIpc) is 3.10. The van der Waals surface area contributed by atoms with Gasteiger partial charge in [0, 0.05) is 6.54 Å². The summed E-state index contributed by atoms with van der Waals surface area (Å²) >= 11 is 0. The van der Waals surface area contributed by atoms with E-state index in [1.165, 1.54) is 17.0 Å². The number of amides is 1. The van der Waals surface area contributed by atoms with Crippen LogP contribution in [-0.4, -0.2) is 31.4 Å². The van der Waals surface area contributed by atoms with Crippen LogP contribution < -0.4 is 4.74 Å². The zero-order valence-electron chi connectivity index (χ0n) is 19.3. The lowest BCUT2D eigenvalue weighted by atomic mass is 9.98. The van der Waals surface area contributed by atoms with E-state index in [0.717, 1.165) is 11.1 Å². The molecule has 0 saturated carbocycles. The molecule has 1 N–H and O–H groups in total. The third kappa shape index (κ3) is 4.31. The number of aliphatic hydroxyl groups is 1. The van der Waals surface area contributed by atoms with Gasteiger partial charge < -0.3 is 14.7 Å². The van der Waals surface area contributed by atoms with Crippen molar-refractivity contribution in [1.82, 2.24) is 4.90 Å². The summed E-state index contributed by atoms with van der Waals surface area (Å²) in [7, 11) is -2.57. The largest absolute Gasteiger partial charge is 0.502 e. The summed E-state index contributed by atoms with van der Waals surface area (Å²) in [6.07, 6.45) is 0. The molecule has 3 aromatic rings. The Bertz CT molecular complexity index is 1310. The number of aliphatic hydroxyl groups excluding tert-OH is 1. The van der Waals surface area contributed by atoms with Crippen LogP contribution in [0, 0.1) is 0 Å². The highest BCUT2D eigenvalue weighted by molar-refractivity contribution is 7.95. The molecule has 3 aromatic carbocycles. The molecule has 0 unspecified atom stereocenters. The fourth-order valence-corrected chi connectivity index (χ4v) is 5.78. The van der Waals surface area contributed by atoms with Crippen LogP contribution in [0.2, 0.25) is 0 Å². The minimum absolute atomic E-state index is 0.0273.